The standard InChI is InChI=1S/C26H21Cl2N5O4/c27-17-10-11-19(28)16(12-17)14-30-26(37)31-20-9-5-4-8-18(20)23-32-21(22(34)25(36)33-23)24(35)29-13-15-6-2-1-3-7-15/h1-12,34H,13-14H2,(H,29,35)(H2,30,31,37)(H,32,33,36). The number of benzene rings is 3. The van der Waals surface area contributed by atoms with Gasteiger partial charge in [-0.05, 0) is 41.5 Å². The van der Waals surface area contributed by atoms with Gasteiger partial charge in [0.1, 0.15) is 5.82 Å². The molecule has 0 aliphatic rings. The number of amides is 3. The number of nitrogens with zero attached hydrogens (tertiary/aromatic N) is 1. The summed E-state index contributed by atoms with van der Waals surface area (Å²) in [5, 5.41) is 19.2. The minimum absolute atomic E-state index is 0.0125. The molecule has 0 atom stereocenters. The number of nitrogens with one attached hydrogen (secondary N) is 4. The fourth-order valence-electron chi connectivity index (χ4n) is 3.43. The molecule has 4 rings (SSSR count). The van der Waals surface area contributed by atoms with Crippen molar-refractivity contribution in [2.45, 2.75) is 13.1 Å². The van der Waals surface area contributed by atoms with Crippen LogP contribution in [-0.4, -0.2) is 27.0 Å². The molecule has 3 amide bonds. The topological polar surface area (TPSA) is 136 Å². The Bertz CT molecular complexity index is 1510. The SMILES string of the molecule is O=C(NCc1cc(Cl)ccc1Cl)Nc1ccccc1-c1nc(C(=O)NCc2ccccc2)c(O)c(=O)[nH]1. The fourth-order valence-corrected chi connectivity index (χ4v) is 3.81. The third-order valence-corrected chi connectivity index (χ3v) is 5.89. The summed E-state index contributed by atoms with van der Waals surface area (Å²) in [6, 6.07) is 20.1. The third-order valence-electron chi connectivity index (χ3n) is 5.28. The van der Waals surface area contributed by atoms with Gasteiger partial charge >= 0.3 is 6.03 Å². The molecule has 4 aromatic rings. The summed E-state index contributed by atoms with van der Waals surface area (Å²) in [6.07, 6.45) is 0. The summed E-state index contributed by atoms with van der Waals surface area (Å²) >= 11 is 12.1. The van der Waals surface area contributed by atoms with Crippen LogP contribution >= 0.6 is 23.2 Å². The van der Waals surface area contributed by atoms with Gasteiger partial charge in [-0.15, -0.1) is 0 Å². The molecule has 1 aromatic heterocycles. The third kappa shape index (κ3) is 6.46. The predicted molar refractivity (Wildman–Crippen MR) is 142 cm³/mol. The number of hydrogen-bond donors (Lipinski definition) is 5. The van der Waals surface area contributed by atoms with Gasteiger partial charge in [0.25, 0.3) is 11.5 Å². The first-order chi connectivity index (χ1) is 17.8. The number of rotatable bonds is 7. The number of H-pyrrole nitrogens is 1. The van der Waals surface area contributed by atoms with Gasteiger partial charge < -0.3 is 26.0 Å². The van der Waals surface area contributed by atoms with Gasteiger partial charge in [-0.3, -0.25) is 9.59 Å². The van der Waals surface area contributed by atoms with Crippen LogP contribution in [0.4, 0.5) is 10.5 Å². The van der Waals surface area contributed by atoms with Crippen LogP contribution in [0.1, 0.15) is 21.6 Å². The highest BCUT2D eigenvalue weighted by Crippen LogP contribution is 2.26. The van der Waals surface area contributed by atoms with Gasteiger partial charge in [0, 0.05) is 28.7 Å². The Hall–Kier alpha value is -4.34. The molecule has 3 aromatic carbocycles. The zero-order chi connectivity index (χ0) is 26.4. The fraction of sp³-hybridized carbons (Fsp3) is 0.0769. The van der Waals surface area contributed by atoms with Crippen molar-refractivity contribution in [2.24, 2.45) is 0 Å². The molecule has 37 heavy (non-hydrogen) atoms. The van der Waals surface area contributed by atoms with E-state index in [9.17, 15) is 19.5 Å². The lowest BCUT2D eigenvalue weighted by Gasteiger charge is -2.13. The van der Waals surface area contributed by atoms with Crippen molar-refractivity contribution in [3.63, 3.8) is 0 Å². The van der Waals surface area contributed by atoms with Crippen molar-refractivity contribution in [1.82, 2.24) is 20.6 Å². The van der Waals surface area contributed by atoms with Crippen molar-refractivity contribution < 1.29 is 14.7 Å². The Balaban J connectivity index is 1.53. The van der Waals surface area contributed by atoms with Crippen LogP contribution < -0.4 is 21.5 Å². The van der Waals surface area contributed by atoms with E-state index in [0.29, 0.717) is 26.9 Å². The normalized spacial score (nSPS) is 10.5. The number of aromatic hydroxyl groups is 1. The van der Waals surface area contributed by atoms with Gasteiger partial charge in [-0.1, -0.05) is 65.7 Å². The summed E-state index contributed by atoms with van der Waals surface area (Å²) in [7, 11) is 0. The van der Waals surface area contributed by atoms with Gasteiger partial charge in [-0.25, -0.2) is 9.78 Å². The zero-order valence-corrected chi connectivity index (χ0v) is 20.7. The van der Waals surface area contributed by atoms with E-state index in [-0.39, 0.29) is 18.9 Å². The Kier molecular flexibility index (Phi) is 8.07. The molecule has 188 valence electrons. The van der Waals surface area contributed by atoms with E-state index in [1.165, 1.54) is 0 Å². The molecule has 0 radical (unpaired) electrons. The average Bonchev–Trinajstić information content (AvgIpc) is 2.90. The summed E-state index contributed by atoms with van der Waals surface area (Å²) in [6.45, 7) is 0.297. The first-order valence-electron chi connectivity index (χ1n) is 11.1. The second-order valence-electron chi connectivity index (χ2n) is 7.87. The Morgan fingerprint density at radius 1 is 0.919 bits per heavy atom. The lowest BCUT2D eigenvalue weighted by atomic mass is 10.1. The van der Waals surface area contributed by atoms with Gasteiger partial charge in [0.2, 0.25) is 5.75 Å². The molecule has 0 bridgehead atoms. The minimum Gasteiger partial charge on any atom is -0.501 e. The second-order valence-corrected chi connectivity index (χ2v) is 8.71. The van der Waals surface area contributed by atoms with Gasteiger partial charge in [-0.2, -0.15) is 0 Å². The molecule has 11 heteroatoms. The first-order valence-corrected chi connectivity index (χ1v) is 11.8. The number of halogens is 2. The van der Waals surface area contributed by atoms with Gasteiger partial charge in [0.15, 0.2) is 5.69 Å². The monoisotopic (exact) mass is 537 g/mol. The van der Waals surface area contributed by atoms with E-state index >= 15 is 0 Å². The van der Waals surface area contributed by atoms with Crippen LogP contribution in [-0.2, 0) is 13.1 Å². The molecule has 1 heterocycles. The smallest absolute Gasteiger partial charge is 0.319 e. The molecule has 0 unspecified atom stereocenters. The van der Waals surface area contributed by atoms with E-state index in [4.69, 9.17) is 23.2 Å². The van der Waals surface area contributed by atoms with Crippen LogP contribution in [0, 0.1) is 0 Å². The number of para-hydroxylation sites is 1. The molecule has 0 spiro atoms. The molecule has 0 aliphatic carbocycles. The van der Waals surface area contributed by atoms with Crippen molar-refractivity contribution in [2.75, 3.05) is 5.32 Å². The lowest BCUT2D eigenvalue weighted by Crippen LogP contribution is -2.29. The number of aromatic amines is 1. The number of carbonyl (C=O) groups excluding carboxylic acids is 2. The van der Waals surface area contributed by atoms with Crippen LogP contribution in [0.3, 0.4) is 0 Å². The maximum atomic E-state index is 12.7. The van der Waals surface area contributed by atoms with Gasteiger partial charge in [0.05, 0.1) is 5.69 Å². The highest BCUT2D eigenvalue weighted by molar-refractivity contribution is 6.33. The number of hydrogen-bond acceptors (Lipinski definition) is 5. The van der Waals surface area contributed by atoms with Crippen LogP contribution in [0.5, 0.6) is 5.75 Å². The van der Waals surface area contributed by atoms with Crippen molar-refractivity contribution >= 4 is 40.8 Å². The second kappa shape index (κ2) is 11.6. The van der Waals surface area contributed by atoms with E-state index in [1.807, 2.05) is 30.3 Å². The summed E-state index contributed by atoms with van der Waals surface area (Å²) < 4.78 is 0. The molecule has 5 N–H and O–H groups in total. The lowest BCUT2D eigenvalue weighted by molar-refractivity contribution is 0.0942. The van der Waals surface area contributed by atoms with E-state index < -0.39 is 28.9 Å². The average molecular weight is 538 g/mol. The molecule has 0 saturated carbocycles. The van der Waals surface area contributed by atoms with Crippen LogP contribution in [0.25, 0.3) is 11.4 Å². The number of urea groups is 1. The minimum atomic E-state index is -0.898. The van der Waals surface area contributed by atoms with Crippen molar-refractivity contribution in [1.29, 1.82) is 0 Å². The summed E-state index contributed by atoms with van der Waals surface area (Å²) in [5.41, 5.74) is 0.761. The van der Waals surface area contributed by atoms with Crippen molar-refractivity contribution in [3.8, 4) is 17.1 Å². The Labute approximate surface area is 221 Å². The maximum absolute atomic E-state index is 12.7. The Morgan fingerprint density at radius 2 is 1.65 bits per heavy atom. The number of carbonyl (C=O) groups is 2. The summed E-state index contributed by atoms with van der Waals surface area (Å²) in [5.74, 6) is -1.55. The highest BCUT2D eigenvalue weighted by atomic mass is 35.5. The highest BCUT2D eigenvalue weighted by Gasteiger charge is 2.20. The molecule has 0 saturated heterocycles. The zero-order valence-electron chi connectivity index (χ0n) is 19.2. The van der Waals surface area contributed by atoms with Crippen LogP contribution in [0.15, 0.2) is 77.6 Å². The number of aromatic nitrogens is 2. The van der Waals surface area contributed by atoms with Crippen molar-refractivity contribution in [3.05, 3.63) is 110 Å². The predicted octanol–water partition coefficient (Wildman–Crippen LogP) is 4.70. The molecule has 9 nitrogen and oxygen atoms in total. The maximum Gasteiger partial charge on any atom is 0.319 e. The van der Waals surface area contributed by atoms with E-state index in [2.05, 4.69) is 25.9 Å². The van der Waals surface area contributed by atoms with Crippen LogP contribution in [0.2, 0.25) is 10.0 Å². The molecular formula is C26H21Cl2N5O4. The molecular weight excluding hydrogens is 517 g/mol. The largest absolute Gasteiger partial charge is 0.501 e. The quantitative estimate of drug-likeness (QED) is 0.232. The first kappa shape index (κ1) is 25.7. The summed E-state index contributed by atoms with van der Waals surface area (Å²) in [4.78, 5) is 44.3. The Morgan fingerprint density at radius 3 is 2.43 bits per heavy atom. The number of anilines is 1. The molecule has 0 aliphatic heterocycles. The van der Waals surface area contributed by atoms with E-state index in [1.54, 1.807) is 42.5 Å². The van der Waals surface area contributed by atoms with E-state index in [0.717, 1.165) is 5.56 Å². The molecule has 0 fully saturated rings.